The summed E-state index contributed by atoms with van der Waals surface area (Å²) in [4.78, 5) is 9.99. The van der Waals surface area contributed by atoms with Crippen molar-refractivity contribution in [2.45, 2.75) is 19.4 Å². The Balaban J connectivity index is 2.34. The Kier molecular flexibility index (Phi) is 1.55. The van der Waals surface area contributed by atoms with E-state index in [1.807, 2.05) is 19.1 Å². The van der Waals surface area contributed by atoms with E-state index >= 15 is 0 Å². The van der Waals surface area contributed by atoms with Crippen molar-refractivity contribution in [2.75, 3.05) is 0 Å². The molecule has 0 amide bonds. The summed E-state index contributed by atoms with van der Waals surface area (Å²) in [5.41, 5.74) is 1.20. The maximum Gasteiger partial charge on any atom is 0.169 e. The van der Waals surface area contributed by atoms with E-state index in [-0.39, 0.29) is 6.10 Å². The van der Waals surface area contributed by atoms with Crippen LogP contribution in [0.25, 0.3) is 0 Å². The van der Waals surface area contributed by atoms with Gasteiger partial charge >= 0.3 is 0 Å². The van der Waals surface area contributed by atoms with Crippen molar-refractivity contribution in [2.24, 2.45) is 0 Å². The molecular formula is C9H9O2. The highest BCUT2D eigenvalue weighted by molar-refractivity contribution is 5.33. The van der Waals surface area contributed by atoms with Crippen LogP contribution in [0.5, 0.6) is 5.75 Å². The van der Waals surface area contributed by atoms with Crippen LogP contribution in [0.4, 0.5) is 0 Å². The van der Waals surface area contributed by atoms with Crippen LogP contribution in [0.2, 0.25) is 0 Å². The molecule has 0 aromatic heterocycles. The maximum atomic E-state index is 5.00. The van der Waals surface area contributed by atoms with Crippen molar-refractivity contribution in [3.05, 3.63) is 29.8 Å². The van der Waals surface area contributed by atoms with Crippen molar-refractivity contribution in [3.8, 4) is 5.75 Å². The first-order valence-electron chi connectivity index (χ1n) is 3.68. The van der Waals surface area contributed by atoms with E-state index in [2.05, 4.69) is 6.07 Å². The second kappa shape index (κ2) is 2.55. The Morgan fingerprint density at radius 1 is 1.64 bits per heavy atom. The van der Waals surface area contributed by atoms with Gasteiger partial charge in [-0.2, -0.15) is 4.89 Å². The van der Waals surface area contributed by atoms with Crippen molar-refractivity contribution in [1.29, 1.82) is 0 Å². The summed E-state index contributed by atoms with van der Waals surface area (Å²) < 4.78 is 0. The predicted octanol–water partition coefficient (Wildman–Crippen LogP) is 1.74. The molecule has 0 fully saturated rings. The summed E-state index contributed by atoms with van der Waals surface area (Å²) >= 11 is 0. The quantitative estimate of drug-likeness (QED) is 0.523. The molecule has 0 bridgehead atoms. The fourth-order valence-corrected chi connectivity index (χ4v) is 1.17. The first kappa shape index (κ1) is 6.68. The Morgan fingerprint density at radius 2 is 2.55 bits per heavy atom. The van der Waals surface area contributed by atoms with Crippen molar-refractivity contribution in [3.63, 3.8) is 0 Å². The van der Waals surface area contributed by atoms with Gasteiger partial charge in [0.15, 0.2) is 5.75 Å². The molecule has 0 spiro atoms. The summed E-state index contributed by atoms with van der Waals surface area (Å²) in [6, 6.07) is 8.62. The Hall–Kier alpha value is -1.02. The molecule has 1 aromatic rings. The van der Waals surface area contributed by atoms with Gasteiger partial charge in [-0.15, -0.1) is 0 Å². The van der Waals surface area contributed by atoms with Crippen LogP contribution >= 0.6 is 0 Å². The molecule has 0 N–H and O–H groups in total. The molecule has 1 atom stereocenters. The largest absolute Gasteiger partial charge is 0.337 e. The monoisotopic (exact) mass is 149 g/mol. The van der Waals surface area contributed by atoms with Crippen LogP contribution in [-0.2, 0) is 11.3 Å². The maximum absolute atomic E-state index is 5.00. The van der Waals surface area contributed by atoms with Gasteiger partial charge in [-0.25, -0.2) is 0 Å². The molecule has 0 saturated heterocycles. The van der Waals surface area contributed by atoms with E-state index in [1.165, 1.54) is 5.56 Å². The van der Waals surface area contributed by atoms with Gasteiger partial charge in [0, 0.05) is 12.0 Å². The molecule has 1 aliphatic rings. The van der Waals surface area contributed by atoms with Gasteiger partial charge in [0.2, 0.25) is 0 Å². The van der Waals surface area contributed by atoms with Crippen LogP contribution in [0.1, 0.15) is 12.5 Å². The van der Waals surface area contributed by atoms with E-state index in [0.29, 0.717) is 0 Å². The number of hydrogen-bond acceptors (Lipinski definition) is 2. The third-order valence-electron chi connectivity index (χ3n) is 1.72. The summed E-state index contributed by atoms with van der Waals surface area (Å²) in [7, 11) is 0. The molecular weight excluding hydrogens is 140 g/mol. The topological polar surface area (TPSA) is 18.5 Å². The minimum Gasteiger partial charge on any atom is -0.337 e. The average Bonchev–Trinajstić information content (AvgIpc) is 2.04. The number of hydrogen-bond donors (Lipinski definition) is 0. The highest BCUT2D eigenvalue weighted by Gasteiger charge is 2.16. The molecule has 1 heterocycles. The predicted molar refractivity (Wildman–Crippen MR) is 40.2 cm³/mol. The second-order valence-corrected chi connectivity index (χ2v) is 2.73. The van der Waals surface area contributed by atoms with Crippen molar-refractivity contribution >= 4 is 0 Å². The summed E-state index contributed by atoms with van der Waals surface area (Å²) in [6.45, 7) is 1.99. The minimum absolute atomic E-state index is 0.157. The molecule has 0 saturated carbocycles. The second-order valence-electron chi connectivity index (χ2n) is 2.73. The lowest BCUT2D eigenvalue weighted by atomic mass is 10.1. The van der Waals surface area contributed by atoms with E-state index < -0.39 is 0 Å². The third-order valence-corrected chi connectivity index (χ3v) is 1.72. The Morgan fingerprint density at radius 3 is 3.45 bits per heavy atom. The Bertz CT molecular complexity index is 257. The first-order chi connectivity index (χ1) is 5.36. The lowest BCUT2D eigenvalue weighted by Gasteiger charge is -2.20. The van der Waals surface area contributed by atoms with Crippen molar-refractivity contribution in [1.82, 2.24) is 0 Å². The highest BCUT2D eigenvalue weighted by Crippen LogP contribution is 2.24. The van der Waals surface area contributed by atoms with Gasteiger partial charge in [-0.3, -0.25) is 0 Å². The van der Waals surface area contributed by atoms with E-state index in [4.69, 9.17) is 9.78 Å². The zero-order valence-corrected chi connectivity index (χ0v) is 6.33. The molecule has 11 heavy (non-hydrogen) atoms. The summed E-state index contributed by atoms with van der Waals surface area (Å²) in [5.74, 6) is 0.797. The lowest BCUT2D eigenvalue weighted by Crippen LogP contribution is -2.19. The van der Waals surface area contributed by atoms with Gasteiger partial charge in [0.1, 0.15) is 6.10 Å². The van der Waals surface area contributed by atoms with Crippen LogP contribution in [-0.4, -0.2) is 6.10 Å². The van der Waals surface area contributed by atoms with E-state index in [9.17, 15) is 0 Å². The standard InChI is InChI=1S/C9H9O2/c1-7-6-8-4-2-3-5-9(8)11-10-7/h2,4-5,7H,6H2,1H3. The summed E-state index contributed by atoms with van der Waals surface area (Å²) in [5, 5.41) is 0. The van der Waals surface area contributed by atoms with Crippen molar-refractivity contribution < 1.29 is 9.78 Å². The smallest absolute Gasteiger partial charge is 0.169 e. The number of rotatable bonds is 0. The highest BCUT2D eigenvalue weighted by atomic mass is 17.2. The molecule has 2 nitrogen and oxygen atoms in total. The number of benzene rings is 1. The van der Waals surface area contributed by atoms with Gasteiger partial charge < -0.3 is 4.89 Å². The lowest BCUT2D eigenvalue weighted by molar-refractivity contribution is -0.249. The zero-order valence-electron chi connectivity index (χ0n) is 6.33. The van der Waals surface area contributed by atoms with E-state index in [0.717, 1.165) is 12.2 Å². The number of fused-ring (bicyclic) bond motifs is 1. The SMILES string of the molecule is CC1Cc2cc[c]cc2OO1. The van der Waals surface area contributed by atoms with Gasteiger partial charge in [-0.05, 0) is 19.1 Å². The molecule has 1 aliphatic heterocycles. The van der Waals surface area contributed by atoms with Crippen LogP contribution in [0.15, 0.2) is 18.2 Å². The molecule has 1 aromatic carbocycles. The third kappa shape index (κ3) is 1.21. The fourth-order valence-electron chi connectivity index (χ4n) is 1.17. The molecule has 1 radical (unpaired) electrons. The van der Waals surface area contributed by atoms with Gasteiger partial charge in [-0.1, -0.05) is 12.1 Å². The first-order valence-corrected chi connectivity index (χ1v) is 3.68. The normalized spacial score (nSPS) is 22.1. The molecule has 2 rings (SSSR count). The zero-order chi connectivity index (χ0) is 7.68. The summed E-state index contributed by atoms with van der Waals surface area (Å²) in [6.07, 6.45) is 1.08. The van der Waals surface area contributed by atoms with Gasteiger partial charge in [0.05, 0.1) is 0 Å². The molecule has 57 valence electrons. The fraction of sp³-hybridized carbons (Fsp3) is 0.333. The Labute approximate surface area is 65.7 Å². The van der Waals surface area contributed by atoms with Crippen LogP contribution in [0, 0.1) is 6.07 Å². The van der Waals surface area contributed by atoms with Gasteiger partial charge in [0.25, 0.3) is 0 Å². The molecule has 1 unspecified atom stereocenters. The van der Waals surface area contributed by atoms with Crippen LogP contribution < -0.4 is 4.89 Å². The average molecular weight is 149 g/mol. The van der Waals surface area contributed by atoms with E-state index in [1.54, 1.807) is 6.07 Å². The molecule has 2 heteroatoms. The minimum atomic E-state index is 0.157. The van der Waals surface area contributed by atoms with Crippen LogP contribution in [0.3, 0.4) is 0 Å². The molecule has 0 aliphatic carbocycles.